The molecule has 2 aromatic carbocycles. The molecule has 0 amide bonds. The van der Waals surface area contributed by atoms with Gasteiger partial charge >= 0.3 is 5.97 Å². The number of aromatic nitrogens is 2. The lowest BCUT2D eigenvalue weighted by atomic mass is 9.94. The normalized spacial score (nSPS) is 16.8. The number of carbonyl (C=O) groups excluding carboxylic acids is 1. The molecule has 1 aromatic heterocycles. The standard InChI is InChI=1S/C22H21Cl2N3O2/c1-13-5-8-18-20(19(13)14-6-7-16(23)17(24)10-14)21(26-12-25-18)27-9-3-4-15(11-27)22(28)29-2/h5-8,10,12,15H,3-4,9,11H2,1-2H3. The topological polar surface area (TPSA) is 55.3 Å². The van der Waals surface area contributed by atoms with Crippen LogP contribution in [-0.4, -0.2) is 36.1 Å². The Kier molecular flexibility index (Phi) is 5.61. The Morgan fingerprint density at radius 1 is 1.17 bits per heavy atom. The molecule has 0 N–H and O–H groups in total. The first-order valence-electron chi connectivity index (χ1n) is 9.52. The van der Waals surface area contributed by atoms with E-state index in [-0.39, 0.29) is 11.9 Å². The molecule has 5 nitrogen and oxygen atoms in total. The van der Waals surface area contributed by atoms with Crippen LogP contribution in [0.1, 0.15) is 18.4 Å². The van der Waals surface area contributed by atoms with Gasteiger partial charge in [-0.1, -0.05) is 35.3 Å². The van der Waals surface area contributed by atoms with E-state index in [4.69, 9.17) is 27.9 Å². The van der Waals surface area contributed by atoms with Gasteiger partial charge in [-0.25, -0.2) is 9.97 Å². The average molecular weight is 430 g/mol. The van der Waals surface area contributed by atoms with Crippen LogP contribution in [0.5, 0.6) is 0 Å². The van der Waals surface area contributed by atoms with E-state index < -0.39 is 0 Å². The first-order valence-corrected chi connectivity index (χ1v) is 10.3. The number of benzene rings is 2. The fourth-order valence-corrected chi connectivity index (χ4v) is 4.33. The highest BCUT2D eigenvalue weighted by atomic mass is 35.5. The summed E-state index contributed by atoms with van der Waals surface area (Å²) in [6.45, 7) is 3.46. The third-order valence-corrected chi connectivity index (χ3v) is 6.19. The van der Waals surface area contributed by atoms with Gasteiger partial charge in [0.05, 0.1) is 34.0 Å². The van der Waals surface area contributed by atoms with Gasteiger partial charge in [0.1, 0.15) is 12.1 Å². The smallest absolute Gasteiger partial charge is 0.310 e. The Morgan fingerprint density at radius 3 is 2.76 bits per heavy atom. The summed E-state index contributed by atoms with van der Waals surface area (Å²) in [6.07, 6.45) is 3.30. The van der Waals surface area contributed by atoms with Crippen molar-refractivity contribution in [3.8, 4) is 11.1 Å². The number of halogens is 2. The SMILES string of the molecule is COC(=O)C1CCCN(c2ncnc3ccc(C)c(-c4ccc(Cl)c(Cl)c4)c23)C1. The highest BCUT2D eigenvalue weighted by Crippen LogP contribution is 2.39. The Hall–Kier alpha value is -2.37. The minimum Gasteiger partial charge on any atom is -0.469 e. The zero-order valence-corrected chi connectivity index (χ0v) is 17.8. The van der Waals surface area contributed by atoms with E-state index in [0.29, 0.717) is 16.6 Å². The first-order chi connectivity index (χ1) is 14.0. The van der Waals surface area contributed by atoms with Crippen molar-refractivity contribution in [2.75, 3.05) is 25.1 Å². The molecular formula is C22H21Cl2N3O2. The number of piperidine rings is 1. The van der Waals surface area contributed by atoms with Crippen molar-refractivity contribution in [3.63, 3.8) is 0 Å². The predicted molar refractivity (Wildman–Crippen MR) is 117 cm³/mol. The number of ether oxygens (including phenoxy) is 1. The zero-order chi connectivity index (χ0) is 20.5. The minimum absolute atomic E-state index is 0.156. The van der Waals surface area contributed by atoms with Crippen molar-refractivity contribution in [1.29, 1.82) is 0 Å². The number of aryl methyl sites for hydroxylation is 1. The number of esters is 1. The third-order valence-electron chi connectivity index (χ3n) is 5.46. The van der Waals surface area contributed by atoms with Gasteiger partial charge in [-0.05, 0) is 54.7 Å². The molecule has 1 atom stereocenters. The van der Waals surface area contributed by atoms with Crippen LogP contribution < -0.4 is 4.90 Å². The van der Waals surface area contributed by atoms with Gasteiger partial charge in [0.2, 0.25) is 0 Å². The molecule has 150 valence electrons. The maximum absolute atomic E-state index is 12.1. The van der Waals surface area contributed by atoms with Gasteiger partial charge < -0.3 is 9.64 Å². The summed E-state index contributed by atoms with van der Waals surface area (Å²) >= 11 is 12.4. The molecule has 3 aromatic rings. The minimum atomic E-state index is -0.172. The molecule has 29 heavy (non-hydrogen) atoms. The number of anilines is 1. The number of hydrogen-bond acceptors (Lipinski definition) is 5. The quantitative estimate of drug-likeness (QED) is 0.528. The van der Waals surface area contributed by atoms with Crippen molar-refractivity contribution in [2.45, 2.75) is 19.8 Å². The molecule has 0 saturated carbocycles. The third kappa shape index (κ3) is 3.77. The summed E-state index contributed by atoms with van der Waals surface area (Å²) in [4.78, 5) is 23.4. The summed E-state index contributed by atoms with van der Waals surface area (Å²) in [5, 5.41) is 1.97. The van der Waals surface area contributed by atoms with Crippen molar-refractivity contribution in [2.24, 2.45) is 5.92 Å². The van der Waals surface area contributed by atoms with Gasteiger partial charge in [-0.3, -0.25) is 4.79 Å². The molecule has 1 fully saturated rings. The average Bonchev–Trinajstić information content (AvgIpc) is 2.75. The Balaban J connectivity index is 1.88. The van der Waals surface area contributed by atoms with Gasteiger partial charge in [0.25, 0.3) is 0 Å². The molecule has 1 unspecified atom stereocenters. The van der Waals surface area contributed by atoms with E-state index in [1.54, 1.807) is 12.4 Å². The maximum Gasteiger partial charge on any atom is 0.310 e. The molecule has 0 radical (unpaired) electrons. The molecule has 1 aliphatic heterocycles. The van der Waals surface area contributed by atoms with Crippen molar-refractivity contribution in [1.82, 2.24) is 9.97 Å². The molecule has 1 aliphatic rings. The Morgan fingerprint density at radius 2 is 2.00 bits per heavy atom. The summed E-state index contributed by atoms with van der Waals surface area (Å²) in [6, 6.07) is 9.67. The van der Waals surface area contributed by atoms with Gasteiger partial charge in [-0.15, -0.1) is 0 Å². The molecule has 1 saturated heterocycles. The van der Waals surface area contributed by atoms with Crippen LogP contribution >= 0.6 is 23.2 Å². The number of rotatable bonds is 3. The second-order valence-electron chi connectivity index (χ2n) is 7.29. The molecule has 7 heteroatoms. The van der Waals surface area contributed by atoms with E-state index in [1.807, 2.05) is 24.3 Å². The number of nitrogens with zero attached hydrogens (tertiary/aromatic N) is 3. The van der Waals surface area contributed by atoms with E-state index in [1.165, 1.54) is 7.11 Å². The largest absolute Gasteiger partial charge is 0.469 e. The van der Waals surface area contributed by atoms with Crippen LogP contribution in [0.3, 0.4) is 0 Å². The lowest BCUT2D eigenvalue weighted by Gasteiger charge is -2.33. The van der Waals surface area contributed by atoms with Crippen molar-refractivity contribution in [3.05, 3.63) is 52.3 Å². The number of fused-ring (bicyclic) bond motifs is 1. The fourth-order valence-electron chi connectivity index (χ4n) is 4.03. The molecule has 0 bridgehead atoms. The number of carbonyl (C=O) groups is 1. The highest BCUT2D eigenvalue weighted by Gasteiger charge is 2.29. The summed E-state index contributed by atoms with van der Waals surface area (Å²) in [7, 11) is 1.44. The fraction of sp³-hybridized carbons (Fsp3) is 0.318. The van der Waals surface area contributed by atoms with Crippen LogP contribution in [0.2, 0.25) is 10.0 Å². The van der Waals surface area contributed by atoms with Crippen LogP contribution in [0.4, 0.5) is 5.82 Å². The Bertz CT molecular complexity index is 1090. The van der Waals surface area contributed by atoms with Gasteiger partial charge in [0, 0.05) is 13.1 Å². The van der Waals surface area contributed by atoms with E-state index in [2.05, 4.69) is 21.8 Å². The highest BCUT2D eigenvalue weighted by molar-refractivity contribution is 6.42. The van der Waals surface area contributed by atoms with E-state index in [9.17, 15) is 4.79 Å². The lowest BCUT2D eigenvalue weighted by molar-refractivity contribution is -0.145. The zero-order valence-electron chi connectivity index (χ0n) is 16.3. The van der Waals surface area contributed by atoms with Crippen LogP contribution in [-0.2, 0) is 9.53 Å². The van der Waals surface area contributed by atoms with Gasteiger partial charge in [-0.2, -0.15) is 0 Å². The first kappa shape index (κ1) is 19.9. The second kappa shape index (κ2) is 8.17. The molecule has 2 heterocycles. The molecule has 4 rings (SSSR count). The van der Waals surface area contributed by atoms with Crippen LogP contribution in [0, 0.1) is 12.8 Å². The number of hydrogen-bond donors (Lipinski definition) is 0. The summed E-state index contributed by atoms with van der Waals surface area (Å²) in [5.74, 6) is 0.499. The summed E-state index contributed by atoms with van der Waals surface area (Å²) < 4.78 is 4.97. The van der Waals surface area contributed by atoms with E-state index in [0.717, 1.165) is 52.8 Å². The molecule has 0 aliphatic carbocycles. The molecular weight excluding hydrogens is 409 g/mol. The van der Waals surface area contributed by atoms with Crippen molar-refractivity contribution >= 4 is 45.9 Å². The lowest BCUT2D eigenvalue weighted by Crippen LogP contribution is -2.39. The van der Waals surface area contributed by atoms with E-state index >= 15 is 0 Å². The van der Waals surface area contributed by atoms with Crippen molar-refractivity contribution < 1.29 is 9.53 Å². The monoisotopic (exact) mass is 429 g/mol. The van der Waals surface area contributed by atoms with Crippen LogP contribution in [0.15, 0.2) is 36.7 Å². The van der Waals surface area contributed by atoms with Gasteiger partial charge in [0.15, 0.2) is 0 Å². The number of methoxy groups -OCH3 is 1. The summed E-state index contributed by atoms with van der Waals surface area (Å²) in [5.41, 5.74) is 3.92. The Labute approximate surface area is 179 Å². The predicted octanol–water partition coefficient (Wildman–Crippen LogP) is 5.30. The molecule has 0 spiro atoms. The maximum atomic E-state index is 12.1. The second-order valence-corrected chi connectivity index (χ2v) is 8.10. The van der Waals surface area contributed by atoms with Crippen LogP contribution in [0.25, 0.3) is 22.0 Å².